The number of hydrogen-bond donors (Lipinski definition) is 2. The summed E-state index contributed by atoms with van der Waals surface area (Å²) in [6.45, 7) is 12.4. The minimum atomic E-state index is -0.688. The molecule has 2 rings (SSSR count). The third kappa shape index (κ3) is 7.15. The molecule has 1 aliphatic rings. The third-order valence-electron chi connectivity index (χ3n) is 4.95. The van der Waals surface area contributed by atoms with Crippen LogP contribution in [0.5, 0.6) is 0 Å². The molecule has 1 heterocycles. The summed E-state index contributed by atoms with van der Waals surface area (Å²) < 4.78 is 5.34. The van der Waals surface area contributed by atoms with Gasteiger partial charge in [-0.2, -0.15) is 0 Å². The van der Waals surface area contributed by atoms with Crippen molar-refractivity contribution in [3.63, 3.8) is 0 Å². The van der Waals surface area contributed by atoms with Gasteiger partial charge < -0.3 is 15.4 Å². The maximum absolute atomic E-state index is 12.9. The highest BCUT2D eigenvalue weighted by Gasteiger charge is 2.31. The van der Waals surface area contributed by atoms with E-state index < -0.39 is 17.7 Å². The molecule has 1 unspecified atom stereocenters. The Kier molecular flexibility index (Phi) is 7.47. The van der Waals surface area contributed by atoms with Crippen molar-refractivity contribution < 1.29 is 14.3 Å². The largest absolute Gasteiger partial charge is 0.444 e. The monoisotopic (exact) mass is 389 g/mol. The SMILES string of the molecule is CC(C)(C)OC(=O)NC(Cc1ccccc1)C(=O)NCC(C)(C)N1CCCC1. The molecule has 1 aromatic carbocycles. The molecular weight excluding hydrogens is 354 g/mol. The molecule has 0 bridgehead atoms. The minimum Gasteiger partial charge on any atom is -0.444 e. The van der Waals surface area contributed by atoms with Gasteiger partial charge in [0.2, 0.25) is 5.91 Å². The minimum absolute atomic E-state index is 0.116. The first-order valence-electron chi connectivity index (χ1n) is 10.1. The lowest BCUT2D eigenvalue weighted by Crippen LogP contribution is -2.55. The van der Waals surface area contributed by atoms with Crippen LogP contribution in [0.25, 0.3) is 0 Å². The second-order valence-electron chi connectivity index (χ2n) is 9.11. The van der Waals surface area contributed by atoms with Crippen molar-refractivity contribution in [2.24, 2.45) is 0 Å². The molecule has 0 aliphatic carbocycles. The zero-order chi connectivity index (χ0) is 20.8. The molecule has 1 saturated heterocycles. The zero-order valence-electron chi connectivity index (χ0n) is 17.9. The second-order valence-corrected chi connectivity index (χ2v) is 9.11. The Labute approximate surface area is 169 Å². The predicted molar refractivity (Wildman–Crippen MR) is 111 cm³/mol. The van der Waals surface area contributed by atoms with Gasteiger partial charge in [-0.05, 0) is 66.1 Å². The number of rotatable bonds is 7. The number of nitrogens with one attached hydrogen (secondary N) is 2. The van der Waals surface area contributed by atoms with Crippen molar-refractivity contribution in [3.8, 4) is 0 Å². The number of benzene rings is 1. The molecule has 1 aliphatic heterocycles. The van der Waals surface area contributed by atoms with Crippen LogP contribution >= 0.6 is 0 Å². The Morgan fingerprint density at radius 2 is 1.68 bits per heavy atom. The number of amides is 2. The Bertz CT molecular complexity index is 647. The fraction of sp³-hybridized carbons (Fsp3) is 0.636. The lowest BCUT2D eigenvalue weighted by Gasteiger charge is -2.36. The average molecular weight is 390 g/mol. The number of likely N-dealkylation sites (tertiary alicyclic amines) is 1. The van der Waals surface area contributed by atoms with E-state index in [9.17, 15) is 9.59 Å². The van der Waals surface area contributed by atoms with E-state index in [1.165, 1.54) is 12.8 Å². The smallest absolute Gasteiger partial charge is 0.408 e. The fourth-order valence-corrected chi connectivity index (χ4v) is 3.37. The first kappa shape index (κ1) is 22.2. The molecule has 2 N–H and O–H groups in total. The first-order chi connectivity index (χ1) is 13.1. The van der Waals surface area contributed by atoms with Gasteiger partial charge >= 0.3 is 6.09 Å². The number of carbonyl (C=O) groups excluding carboxylic acids is 2. The molecule has 1 fully saturated rings. The van der Waals surface area contributed by atoms with E-state index in [4.69, 9.17) is 4.74 Å². The van der Waals surface area contributed by atoms with Crippen LogP contribution in [-0.4, -0.2) is 53.7 Å². The van der Waals surface area contributed by atoms with Crippen LogP contribution in [0, 0.1) is 0 Å². The van der Waals surface area contributed by atoms with Gasteiger partial charge in [-0.15, -0.1) is 0 Å². The van der Waals surface area contributed by atoms with Crippen LogP contribution in [0.2, 0.25) is 0 Å². The van der Waals surface area contributed by atoms with Crippen LogP contribution in [0.15, 0.2) is 30.3 Å². The lowest BCUT2D eigenvalue weighted by atomic mass is 10.0. The molecule has 0 saturated carbocycles. The Morgan fingerprint density at radius 1 is 1.07 bits per heavy atom. The molecule has 1 atom stereocenters. The number of ether oxygens (including phenoxy) is 1. The maximum atomic E-state index is 12.9. The van der Waals surface area contributed by atoms with Crippen LogP contribution in [0.3, 0.4) is 0 Å². The number of nitrogens with zero attached hydrogens (tertiary/aromatic N) is 1. The molecule has 6 nitrogen and oxygen atoms in total. The highest BCUT2D eigenvalue weighted by atomic mass is 16.6. The van der Waals surface area contributed by atoms with E-state index in [-0.39, 0.29) is 11.4 Å². The Hall–Kier alpha value is -2.08. The Balaban J connectivity index is 2.02. The van der Waals surface area contributed by atoms with E-state index in [1.807, 2.05) is 30.3 Å². The highest BCUT2D eigenvalue weighted by molar-refractivity contribution is 5.86. The molecule has 2 amide bonds. The van der Waals surface area contributed by atoms with E-state index in [1.54, 1.807) is 20.8 Å². The molecule has 28 heavy (non-hydrogen) atoms. The molecule has 1 aromatic rings. The van der Waals surface area contributed by atoms with Crippen molar-refractivity contribution in [3.05, 3.63) is 35.9 Å². The summed E-state index contributed by atoms with van der Waals surface area (Å²) in [6, 6.07) is 8.99. The van der Waals surface area contributed by atoms with Crippen molar-refractivity contribution in [1.29, 1.82) is 0 Å². The fourth-order valence-electron chi connectivity index (χ4n) is 3.37. The highest BCUT2D eigenvalue weighted by Crippen LogP contribution is 2.20. The second kappa shape index (κ2) is 9.41. The van der Waals surface area contributed by atoms with Crippen LogP contribution in [-0.2, 0) is 16.0 Å². The van der Waals surface area contributed by atoms with Crippen molar-refractivity contribution >= 4 is 12.0 Å². The van der Waals surface area contributed by atoms with Crippen LogP contribution in [0.1, 0.15) is 53.0 Å². The Morgan fingerprint density at radius 3 is 2.25 bits per heavy atom. The average Bonchev–Trinajstić information content (AvgIpc) is 3.14. The lowest BCUT2D eigenvalue weighted by molar-refractivity contribution is -0.123. The van der Waals surface area contributed by atoms with Gasteiger partial charge in [-0.3, -0.25) is 9.69 Å². The van der Waals surface area contributed by atoms with Crippen molar-refractivity contribution in [2.45, 2.75) is 71.1 Å². The van der Waals surface area contributed by atoms with E-state index in [0.29, 0.717) is 13.0 Å². The summed E-state index contributed by atoms with van der Waals surface area (Å²) in [4.78, 5) is 27.6. The van der Waals surface area contributed by atoms with E-state index >= 15 is 0 Å². The molecule has 0 radical (unpaired) electrons. The van der Waals surface area contributed by atoms with Crippen LogP contribution < -0.4 is 10.6 Å². The molecular formula is C22H35N3O3. The number of alkyl carbamates (subject to hydrolysis) is 1. The summed E-state index contributed by atoms with van der Waals surface area (Å²) in [5, 5.41) is 5.78. The molecule has 156 valence electrons. The first-order valence-corrected chi connectivity index (χ1v) is 10.1. The van der Waals surface area contributed by atoms with Gasteiger partial charge in [0.05, 0.1) is 0 Å². The number of hydrogen-bond acceptors (Lipinski definition) is 4. The van der Waals surface area contributed by atoms with Gasteiger partial charge in [-0.25, -0.2) is 4.79 Å². The van der Waals surface area contributed by atoms with Gasteiger partial charge in [0.1, 0.15) is 11.6 Å². The zero-order valence-corrected chi connectivity index (χ0v) is 17.9. The van der Waals surface area contributed by atoms with Crippen LogP contribution in [0.4, 0.5) is 4.79 Å². The van der Waals surface area contributed by atoms with E-state index in [2.05, 4.69) is 29.4 Å². The number of carbonyl (C=O) groups is 2. The molecule has 6 heteroatoms. The van der Waals surface area contributed by atoms with E-state index in [0.717, 1.165) is 18.7 Å². The predicted octanol–water partition coefficient (Wildman–Crippen LogP) is 3.11. The summed E-state index contributed by atoms with van der Waals surface area (Å²) in [6.07, 6.45) is 2.24. The topological polar surface area (TPSA) is 70.7 Å². The van der Waals surface area contributed by atoms with Gasteiger partial charge in [-0.1, -0.05) is 30.3 Å². The quantitative estimate of drug-likeness (QED) is 0.752. The molecule has 0 spiro atoms. The summed E-state index contributed by atoms with van der Waals surface area (Å²) in [5.74, 6) is -0.193. The van der Waals surface area contributed by atoms with Gasteiger partial charge in [0.15, 0.2) is 0 Å². The standard InChI is InChI=1S/C22H35N3O3/c1-21(2,3)28-20(27)24-18(15-17-11-7-6-8-12-17)19(26)23-16-22(4,5)25-13-9-10-14-25/h6-8,11-12,18H,9-10,13-16H2,1-5H3,(H,23,26)(H,24,27). The van der Waals surface area contributed by atoms with Crippen molar-refractivity contribution in [2.75, 3.05) is 19.6 Å². The molecule has 0 aromatic heterocycles. The van der Waals surface area contributed by atoms with Gasteiger partial charge in [0, 0.05) is 18.5 Å². The normalized spacial score (nSPS) is 16.5. The third-order valence-corrected chi connectivity index (χ3v) is 4.95. The van der Waals surface area contributed by atoms with Gasteiger partial charge in [0.25, 0.3) is 0 Å². The maximum Gasteiger partial charge on any atom is 0.408 e. The summed E-state index contributed by atoms with van der Waals surface area (Å²) in [5.41, 5.74) is 0.253. The summed E-state index contributed by atoms with van der Waals surface area (Å²) >= 11 is 0. The summed E-state index contributed by atoms with van der Waals surface area (Å²) in [7, 11) is 0. The van der Waals surface area contributed by atoms with Crippen molar-refractivity contribution in [1.82, 2.24) is 15.5 Å².